The number of halogens is 1. The van der Waals surface area contributed by atoms with Gasteiger partial charge >= 0.3 is 0 Å². The maximum absolute atomic E-state index is 14.7. The van der Waals surface area contributed by atoms with E-state index in [1.165, 1.54) is 6.07 Å². The predicted molar refractivity (Wildman–Crippen MR) is 130 cm³/mol. The number of carbonyl (C=O) groups is 1. The van der Waals surface area contributed by atoms with Crippen LogP contribution in [0.5, 0.6) is 0 Å². The minimum atomic E-state index is -0.376. The van der Waals surface area contributed by atoms with Gasteiger partial charge < -0.3 is 16.0 Å². The normalized spacial score (nSPS) is 17.9. The largest absolute Gasteiger partial charge is 0.366 e. The van der Waals surface area contributed by atoms with Crippen LogP contribution < -0.4 is 16.0 Å². The van der Waals surface area contributed by atoms with Crippen molar-refractivity contribution >= 4 is 28.7 Å². The topological polar surface area (TPSA) is 101 Å². The Morgan fingerprint density at radius 1 is 1.24 bits per heavy atom. The highest BCUT2D eigenvalue weighted by Crippen LogP contribution is 2.32. The second kappa shape index (κ2) is 9.56. The SMILES string of the molecule is N[C@@H]1CCCN(c2c(F)cccc2NC(=O)C2=NC(c3cnn(Cc4ccccn4)c3)=CC2)C1. The molecular formula is C25H26FN7O. The summed E-state index contributed by atoms with van der Waals surface area (Å²) < 4.78 is 16.5. The molecule has 0 spiro atoms. The molecule has 3 N–H and O–H groups in total. The van der Waals surface area contributed by atoms with E-state index >= 15 is 0 Å². The van der Waals surface area contributed by atoms with E-state index in [9.17, 15) is 9.18 Å². The number of carbonyl (C=O) groups excluding carboxylic acids is 1. The molecule has 1 amide bonds. The minimum Gasteiger partial charge on any atom is -0.366 e. The number of piperidine rings is 1. The fourth-order valence-corrected chi connectivity index (χ4v) is 4.34. The Kier molecular flexibility index (Phi) is 6.18. The summed E-state index contributed by atoms with van der Waals surface area (Å²) in [6.07, 6.45) is 9.45. The first kappa shape index (κ1) is 22.0. The number of aromatic nitrogens is 3. The van der Waals surface area contributed by atoms with E-state index in [0.717, 1.165) is 24.1 Å². The molecule has 0 saturated carbocycles. The molecule has 1 fully saturated rings. The molecule has 0 radical (unpaired) electrons. The monoisotopic (exact) mass is 459 g/mol. The van der Waals surface area contributed by atoms with Gasteiger partial charge in [-0.15, -0.1) is 0 Å². The lowest BCUT2D eigenvalue weighted by molar-refractivity contribution is -0.110. The Bertz CT molecular complexity index is 1250. The van der Waals surface area contributed by atoms with Crippen LogP contribution in [-0.4, -0.2) is 45.5 Å². The summed E-state index contributed by atoms with van der Waals surface area (Å²) in [5.74, 6) is -0.723. The zero-order chi connectivity index (χ0) is 23.5. The van der Waals surface area contributed by atoms with Crippen LogP contribution in [0.25, 0.3) is 5.70 Å². The molecular weight excluding hydrogens is 433 g/mol. The Hall–Kier alpha value is -3.85. The van der Waals surface area contributed by atoms with Gasteiger partial charge in [0.15, 0.2) is 0 Å². The molecule has 1 aromatic carbocycles. The van der Waals surface area contributed by atoms with Gasteiger partial charge in [0.2, 0.25) is 0 Å². The molecule has 1 atom stereocenters. The average Bonchev–Trinajstić information content (AvgIpc) is 3.50. The van der Waals surface area contributed by atoms with Crippen molar-refractivity contribution in [1.29, 1.82) is 0 Å². The minimum absolute atomic E-state index is 0.0125. The molecule has 9 heteroatoms. The molecule has 8 nitrogen and oxygen atoms in total. The van der Waals surface area contributed by atoms with Crippen molar-refractivity contribution in [2.45, 2.75) is 31.8 Å². The lowest BCUT2D eigenvalue weighted by Gasteiger charge is -2.34. The number of amides is 1. The summed E-state index contributed by atoms with van der Waals surface area (Å²) >= 11 is 0. The molecule has 3 aromatic rings. The number of nitrogens with zero attached hydrogens (tertiary/aromatic N) is 5. The van der Waals surface area contributed by atoms with E-state index in [1.54, 1.807) is 29.2 Å². The van der Waals surface area contributed by atoms with Gasteiger partial charge in [-0.2, -0.15) is 5.10 Å². The van der Waals surface area contributed by atoms with Crippen molar-refractivity contribution in [3.05, 3.63) is 78.1 Å². The number of pyridine rings is 1. The number of hydrogen-bond acceptors (Lipinski definition) is 6. The summed E-state index contributed by atoms with van der Waals surface area (Å²) in [4.78, 5) is 23.7. The lowest BCUT2D eigenvalue weighted by Crippen LogP contribution is -2.43. The maximum Gasteiger partial charge on any atom is 0.270 e. The summed E-state index contributed by atoms with van der Waals surface area (Å²) in [6, 6.07) is 10.4. The van der Waals surface area contributed by atoms with Gasteiger partial charge in [0, 0.05) is 43.5 Å². The van der Waals surface area contributed by atoms with Gasteiger partial charge in [-0.25, -0.2) is 9.38 Å². The van der Waals surface area contributed by atoms with E-state index in [1.807, 2.05) is 35.4 Å². The van der Waals surface area contributed by atoms with Crippen molar-refractivity contribution in [2.24, 2.45) is 10.7 Å². The Labute approximate surface area is 197 Å². The smallest absolute Gasteiger partial charge is 0.270 e. The maximum atomic E-state index is 14.7. The molecule has 2 aliphatic heterocycles. The molecule has 1 saturated heterocycles. The second-order valence-corrected chi connectivity index (χ2v) is 8.54. The molecule has 4 heterocycles. The van der Waals surface area contributed by atoms with E-state index in [0.29, 0.717) is 48.8 Å². The highest BCUT2D eigenvalue weighted by molar-refractivity contribution is 6.45. The number of allylic oxidation sites excluding steroid dienone is 1. The van der Waals surface area contributed by atoms with Gasteiger partial charge in [-0.05, 0) is 37.1 Å². The fraction of sp³-hybridized carbons (Fsp3) is 0.280. The number of aliphatic imine (C=N–C) groups is 1. The third kappa shape index (κ3) is 4.74. The molecule has 34 heavy (non-hydrogen) atoms. The number of rotatable bonds is 6. The second-order valence-electron chi connectivity index (χ2n) is 8.54. The van der Waals surface area contributed by atoms with Gasteiger partial charge in [-0.1, -0.05) is 18.2 Å². The quantitative estimate of drug-likeness (QED) is 0.589. The van der Waals surface area contributed by atoms with E-state index < -0.39 is 0 Å². The highest BCUT2D eigenvalue weighted by Gasteiger charge is 2.25. The molecule has 2 aromatic heterocycles. The zero-order valence-electron chi connectivity index (χ0n) is 18.7. The van der Waals surface area contributed by atoms with Crippen LogP contribution in [-0.2, 0) is 11.3 Å². The van der Waals surface area contributed by atoms with Gasteiger partial charge in [-0.3, -0.25) is 14.5 Å². The van der Waals surface area contributed by atoms with Crippen LogP contribution in [0, 0.1) is 5.82 Å². The van der Waals surface area contributed by atoms with E-state index in [4.69, 9.17) is 5.73 Å². The van der Waals surface area contributed by atoms with Crippen molar-refractivity contribution in [3.8, 4) is 0 Å². The summed E-state index contributed by atoms with van der Waals surface area (Å²) in [5.41, 5.74) is 9.70. The number of benzene rings is 1. The van der Waals surface area contributed by atoms with E-state index in [-0.39, 0.29) is 17.8 Å². The summed E-state index contributed by atoms with van der Waals surface area (Å²) in [6.45, 7) is 1.80. The molecule has 5 rings (SSSR count). The predicted octanol–water partition coefficient (Wildman–Crippen LogP) is 3.22. The van der Waals surface area contributed by atoms with Crippen LogP contribution in [0.2, 0.25) is 0 Å². The van der Waals surface area contributed by atoms with Gasteiger partial charge in [0.1, 0.15) is 11.5 Å². The van der Waals surface area contributed by atoms with Crippen LogP contribution in [0.1, 0.15) is 30.5 Å². The molecule has 2 aliphatic rings. The van der Waals surface area contributed by atoms with Gasteiger partial charge in [0.05, 0.1) is 35.5 Å². The lowest BCUT2D eigenvalue weighted by atomic mass is 10.1. The first-order valence-corrected chi connectivity index (χ1v) is 11.4. The third-order valence-corrected chi connectivity index (χ3v) is 5.99. The number of anilines is 2. The van der Waals surface area contributed by atoms with Crippen LogP contribution in [0.15, 0.2) is 66.1 Å². The van der Waals surface area contributed by atoms with Crippen molar-refractivity contribution < 1.29 is 9.18 Å². The first-order chi connectivity index (χ1) is 16.6. The molecule has 0 bridgehead atoms. The average molecular weight is 460 g/mol. The Morgan fingerprint density at radius 2 is 2.15 bits per heavy atom. The van der Waals surface area contributed by atoms with Crippen molar-refractivity contribution in [2.75, 3.05) is 23.3 Å². The summed E-state index contributed by atoms with van der Waals surface area (Å²) in [5, 5.41) is 7.24. The molecule has 0 unspecified atom stereocenters. The van der Waals surface area contributed by atoms with Crippen molar-refractivity contribution in [3.63, 3.8) is 0 Å². The molecule has 174 valence electrons. The number of hydrogen-bond donors (Lipinski definition) is 2. The first-order valence-electron chi connectivity index (χ1n) is 11.4. The number of para-hydroxylation sites is 1. The molecule has 0 aliphatic carbocycles. The van der Waals surface area contributed by atoms with E-state index in [2.05, 4.69) is 20.4 Å². The summed E-state index contributed by atoms with van der Waals surface area (Å²) in [7, 11) is 0. The standard InChI is InChI=1S/C25H26FN7O/c26-20-7-3-8-22(24(20)32-12-4-5-18(27)15-32)31-25(34)23-10-9-21(30-23)17-13-29-33(14-17)16-19-6-1-2-11-28-19/h1-3,6-9,11,13-14,18H,4-5,10,12,15-16,27H2,(H,31,34)/t18-/m1/s1. The number of nitrogens with two attached hydrogens (primary N) is 1. The fourth-order valence-electron chi connectivity index (χ4n) is 4.34. The Balaban J connectivity index is 1.29. The van der Waals surface area contributed by atoms with Crippen LogP contribution >= 0.6 is 0 Å². The van der Waals surface area contributed by atoms with Crippen LogP contribution in [0.3, 0.4) is 0 Å². The van der Waals surface area contributed by atoms with Crippen LogP contribution in [0.4, 0.5) is 15.8 Å². The van der Waals surface area contributed by atoms with Crippen molar-refractivity contribution in [1.82, 2.24) is 14.8 Å². The zero-order valence-corrected chi connectivity index (χ0v) is 18.7. The van der Waals surface area contributed by atoms with Gasteiger partial charge in [0.25, 0.3) is 5.91 Å². The Morgan fingerprint density at radius 3 is 2.97 bits per heavy atom. The third-order valence-electron chi connectivity index (χ3n) is 5.99. The highest BCUT2D eigenvalue weighted by atomic mass is 19.1. The number of nitrogens with one attached hydrogen (secondary N) is 1.